The lowest BCUT2D eigenvalue weighted by Gasteiger charge is -2.35. The molecule has 7 heteroatoms. The summed E-state index contributed by atoms with van der Waals surface area (Å²) in [6, 6.07) is 1.29. The van der Waals surface area contributed by atoms with Gasteiger partial charge in [-0.1, -0.05) is 6.92 Å². The van der Waals surface area contributed by atoms with Crippen LogP contribution >= 0.6 is 11.6 Å². The SMILES string of the molecule is C[C@H]1C(C)(n2ccc(=O)[nH]c2=O)CO[C@@]1(CO)CCl. The van der Waals surface area contributed by atoms with Crippen LogP contribution in [-0.4, -0.2) is 39.4 Å². The molecule has 3 atom stereocenters. The van der Waals surface area contributed by atoms with E-state index in [1.54, 1.807) is 0 Å². The number of halogens is 1. The van der Waals surface area contributed by atoms with E-state index in [0.717, 1.165) is 0 Å². The van der Waals surface area contributed by atoms with E-state index in [1.807, 2.05) is 13.8 Å². The van der Waals surface area contributed by atoms with E-state index >= 15 is 0 Å². The minimum atomic E-state index is -0.869. The molecule has 2 heterocycles. The Labute approximate surface area is 115 Å². The van der Waals surface area contributed by atoms with Crippen LogP contribution in [0.15, 0.2) is 21.9 Å². The summed E-state index contributed by atoms with van der Waals surface area (Å²) in [5, 5.41) is 9.52. The fraction of sp³-hybridized carbons (Fsp3) is 0.667. The van der Waals surface area contributed by atoms with Gasteiger partial charge in [0.2, 0.25) is 0 Å². The third-order valence-electron chi connectivity index (χ3n) is 4.24. The van der Waals surface area contributed by atoms with Gasteiger partial charge in [0.15, 0.2) is 0 Å². The molecule has 0 aliphatic carbocycles. The highest BCUT2D eigenvalue weighted by Crippen LogP contribution is 2.43. The first-order valence-corrected chi connectivity index (χ1v) is 6.56. The van der Waals surface area contributed by atoms with E-state index in [1.165, 1.54) is 16.8 Å². The zero-order chi connectivity index (χ0) is 14.3. The van der Waals surface area contributed by atoms with Crippen LogP contribution in [-0.2, 0) is 10.3 Å². The lowest BCUT2D eigenvalue weighted by molar-refractivity contribution is -0.0407. The first-order valence-electron chi connectivity index (χ1n) is 6.03. The summed E-state index contributed by atoms with van der Waals surface area (Å²) in [6.07, 6.45) is 1.45. The van der Waals surface area contributed by atoms with Crippen LogP contribution < -0.4 is 11.2 Å². The summed E-state index contributed by atoms with van der Waals surface area (Å²) in [5.74, 6) is -0.0515. The van der Waals surface area contributed by atoms with Crippen LogP contribution in [0.4, 0.5) is 0 Å². The van der Waals surface area contributed by atoms with E-state index in [2.05, 4.69) is 4.98 Å². The Hall–Kier alpha value is -1.11. The largest absolute Gasteiger partial charge is 0.393 e. The monoisotopic (exact) mass is 288 g/mol. The second kappa shape index (κ2) is 4.77. The number of rotatable bonds is 3. The topological polar surface area (TPSA) is 84.3 Å². The third kappa shape index (κ3) is 2.04. The molecule has 0 spiro atoms. The van der Waals surface area contributed by atoms with Gasteiger partial charge in [-0.25, -0.2) is 4.79 Å². The number of alkyl halides is 1. The molecule has 0 radical (unpaired) electrons. The Bertz CT molecular complexity index is 578. The van der Waals surface area contributed by atoms with Crippen molar-refractivity contribution in [1.29, 1.82) is 0 Å². The molecule has 1 saturated heterocycles. The average Bonchev–Trinajstić information content (AvgIpc) is 2.64. The quantitative estimate of drug-likeness (QED) is 0.760. The third-order valence-corrected chi connectivity index (χ3v) is 4.69. The van der Waals surface area contributed by atoms with Gasteiger partial charge in [0.25, 0.3) is 5.56 Å². The molecule has 2 rings (SSSR count). The molecular formula is C12H17ClN2O4. The van der Waals surface area contributed by atoms with Crippen molar-refractivity contribution < 1.29 is 9.84 Å². The fourth-order valence-electron chi connectivity index (χ4n) is 2.58. The maximum absolute atomic E-state index is 11.9. The molecule has 1 aliphatic heterocycles. The number of hydrogen-bond donors (Lipinski definition) is 2. The van der Waals surface area contributed by atoms with Gasteiger partial charge in [0.1, 0.15) is 5.60 Å². The average molecular weight is 289 g/mol. The Morgan fingerprint density at radius 3 is 2.79 bits per heavy atom. The van der Waals surface area contributed by atoms with Gasteiger partial charge in [0.05, 0.1) is 24.6 Å². The van der Waals surface area contributed by atoms with Gasteiger partial charge in [-0.2, -0.15) is 0 Å². The Balaban J connectivity index is 2.50. The van der Waals surface area contributed by atoms with Crippen LogP contribution in [0.1, 0.15) is 13.8 Å². The Kier molecular flexibility index (Phi) is 3.59. The van der Waals surface area contributed by atoms with Crippen LogP contribution in [0.25, 0.3) is 0 Å². The molecule has 0 aromatic carbocycles. The van der Waals surface area contributed by atoms with Crippen molar-refractivity contribution in [1.82, 2.24) is 9.55 Å². The van der Waals surface area contributed by atoms with E-state index < -0.39 is 22.4 Å². The van der Waals surface area contributed by atoms with Gasteiger partial charge < -0.3 is 9.84 Å². The fourth-order valence-corrected chi connectivity index (χ4v) is 2.98. The van der Waals surface area contributed by atoms with Crippen molar-refractivity contribution in [3.63, 3.8) is 0 Å². The van der Waals surface area contributed by atoms with Crippen molar-refractivity contribution >= 4 is 11.6 Å². The standard InChI is InChI=1S/C12H17ClN2O4/c1-8-11(2,7-19-12(8,5-13)6-16)15-4-3-9(17)14-10(15)18/h3-4,8,16H,5-7H2,1-2H3,(H,14,17,18)/t8-,11?,12+/m0/s1. The van der Waals surface area contributed by atoms with Crippen molar-refractivity contribution in [3.05, 3.63) is 33.1 Å². The normalized spacial score (nSPS) is 34.6. The molecular weight excluding hydrogens is 272 g/mol. The predicted octanol–water partition coefficient (Wildman–Crippen LogP) is -0.112. The number of nitrogens with zero attached hydrogens (tertiary/aromatic N) is 1. The number of aromatic amines is 1. The molecule has 1 aliphatic rings. The van der Waals surface area contributed by atoms with Crippen LogP contribution in [0.3, 0.4) is 0 Å². The molecule has 0 saturated carbocycles. The zero-order valence-corrected chi connectivity index (χ0v) is 11.6. The van der Waals surface area contributed by atoms with Gasteiger partial charge in [-0.3, -0.25) is 14.3 Å². The Morgan fingerprint density at radius 1 is 1.63 bits per heavy atom. The molecule has 106 valence electrons. The second-order valence-electron chi connectivity index (χ2n) is 5.20. The summed E-state index contributed by atoms with van der Waals surface area (Å²) in [6.45, 7) is 3.75. The van der Waals surface area contributed by atoms with Gasteiger partial charge in [-0.15, -0.1) is 11.6 Å². The zero-order valence-electron chi connectivity index (χ0n) is 10.9. The summed E-state index contributed by atoms with van der Waals surface area (Å²) in [5.41, 5.74) is -2.47. The summed E-state index contributed by atoms with van der Waals surface area (Å²) in [4.78, 5) is 25.3. The molecule has 0 bridgehead atoms. The molecule has 1 fully saturated rings. The molecule has 1 aromatic rings. The lowest BCUT2D eigenvalue weighted by atomic mass is 9.79. The molecule has 0 amide bonds. The van der Waals surface area contributed by atoms with Crippen LogP contribution in [0.2, 0.25) is 0 Å². The smallest absolute Gasteiger partial charge is 0.328 e. The van der Waals surface area contributed by atoms with E-state index in [9.17, 15) is 14.7 Å². The Morgan fingerprint density at radius 2 is 2.32 bits per heavy atom. The molecule has 1 aromatic heterocycles. The number of H-pyrrole nitrogens is 1. The predicted molar refractivity (Wildman–Crippen MR) is 70.6 cm³/mol. The van der Waals surface area contributed by atoms with E-state index in [0.29, 0.717) is 0 Å². The van der Waals surface area contributed by atoms with E-state index in [4.69, 9.17) is 16.3 Å². The maximum atomic E-state index is 11.9. The van der Waals surface area contributed by atoms with Gasteiger partial charge >= 0.3 is 5.69 Å². The van der Waals surface area contributed by atoms with Gasteiger partial charge in [0, 0.05) is 18.2 Å². The first kappa shape index (κ1) is 14.3. The minimum absolute atomic E-state index is 0.137. The van der Waals surface area contributed by atoms with E-state index in [-0.39, 0.29) is 25.0 Å². The van der Waals surface area contributed by atoms with Crippen molar-refractivity contribution in [3.8, 4) is 0 Å². The second-order valence-corrected chi connectivity index (χ2v) is 5.47. The highest BCUT2D eigenvalue weighted by molar-refractivity contribution is 6.18. The molecule has 1 unspecified atom stereocenters. The summed E-state index contributed by atoms with van der Waals surface area (Å²) >= 11 is 5.91. The minimum Gasteiger partial charge on any atom is -0.393 e. The molecule has 2 N–H and O–H groups in total. The summed E-state index contributed by atoms with van der Waals surface area (Å²) in [7, 11) is 0. The van der Waals surface area contributed by atoms with Crippen molar-refractivity contribution in [2.45, 2.75) is 25.0 Å². The lowest BCUT2D eigenvalue weighted by Crippen LogP contribution is -2.50. The molecule has 19 heavy (non-hydrogen) atoms. The van der Waals surface area contributed by atoms with Crippen molar-refractivity contribution in [2.75, 3.05) is 19.1 Å². The number of aliphatic hydroxyl groups is 1. The first-order chi connectivity index (χ1) is 8.89. The number of aliphatic hydroxyl groups excluding tert-OH is 1. The number of aromatic nitrogens is 2. The molecule has 6 nitrogen and oxygen atoms in total. The summed E-state index contributed by atoms with van der Waals surface area (Å²) < 4.78 is 7.11. The number of ether oxygens (including phenoxy) is 1. The van der Waals surface area contributed by atoms with Gasteiger partial charge in [-0.05, 0) is 6.92 Å². The number of hydrogen-bond acceptors (Lipinski definition) is 4. The highest BCUT2D eigenvalue weighted by atomic mass is 35.5. The van der Waals surface area contributed by atoms with Crippen LogP contribution in [0.5, 0.6) is 0 Å². The maximum Gasteiger partial charge on any atom is 0.328 e. The number of nitrogens with one attached hydrogen (secondary N) is 1. The highest BCUT2D eigenvalue weighted by Gasteiger charge is 2.54. The van der Waals surface area contributed by atoms with Crippen LogP contribution in [0, 0.1) is 5.92 Å². The van der Waals surface area contributed by atoms with Crippen molar-refractivity contribution in [2.24, 2.45) is 5.92 Å².